The van der Waals surface area contributed by atoms with Crippen LogP contribution < -0.4 is 4.74 Å². The van der Waals surface area contributed by atoms with E-state index in [4.69, 9.17) is 17.0 Å². The molecular formula is C14H13N3OS. The summed E-state index contributed by atoms with van der Waals surface area (Å²) in [5, 5.41) is 9.22. The molecule has 0 saturated carbocycles. The van der Waals surface area contributed by atoms with Crippen LogP contribution in [0.4, 0.5) is 0 Å². The topological polar surface area (TPSA) is 61.7 Å². The van der Waals surface area contributed by atoms with Gasteiger partial charge in [0.25, 0.3) is 6.01 Å². The summed E-state index contributed by atoms with van der Waals surface area (Å²) in [7, 11) is 0. The minimum Gasteiger partial charge on any atom is -0.462 e. The van der Waals surface area contributed by atoms with E-state index >= 15 is 0 Å². The molecule has 2 aromatic rings. The van der Waals surface area contributed by atoms with Crippen molar-refractivity contribution in [2.24, 2.45) is 0 Å². The van der Waals surface area contributed by atoms with Crippen LogP contribution in [0.25, 0.3) is 11.3 Å². The third-order valence-corrected chi connectivity index (χ3v) is 2.72. The number of hydrogen-bond acceptors (Lipinski definition) is 4. The standard InChI is InChI=1S/C14H13N3OS/c1-9(2)18-14-16-12(10-6-4-3-5-7-10)11(8-15)13(19)17-14/h3-7,9H,1-2H3,(H,16,17,19). The summed E-state index contributed by atoms with van der Waals surface area (Å²) in [5.41, 5.74) is 1.87. The second-order valence-corrected chi connectivity index (χ2v) is 4.63. The second-order valence-electron chi connectivity index (χ2n) is 4.24. The molecular weight excluding hydrogens is 258 g/mol. The van der Waals surface area contributed by atoms with Gasteiger partial charge in [0.15, 0.2) is 4.64 Å². The van der Waals surface area contributed by atoms with Crippen LogP contribution in [0, 0.1) is 16.0 Å². The van der Waals surface area contributed by atoms with Gasteiger partial charge in [0.05, 0.1) is 11.8 Å². The molecule has 0 atom stereocenters. The molecule has 0 spiro atoms. The molecule has 0 amide bonds. The average molecular weight is 271 g/mol. The zero-order valence-electron chi connectivity index (χ0n) is 10.7. The molecule has 2 rings (SSSR count). The minimum atomic E-state index is -0.0188. The van der Waals surface area contributed by atoms with Crippen LogP contribution in [0.15, 0.2) is 30.3 Å². The van der Waals surface area contributed by atoms with Crippen molar-refractivity contribution in [1.29, 1.82) is 5.26 Å². The third kappa shape index (κ3) is 2.98. The highest BCUT2D eigenvalue weighted by Gasteiger charge is 2.11. The fraction of sp³-hybridized carbons (Fsp3) is 0.214. The van der Waals surface area contributed by atoms with Crippen molar-refractivity contribution < 1.29 is 4.74 Å². The van der Waals surface area contributed by atoms with Gasteiger partial charge >= 0.3 is 0 Å². The molecule has 1 aromatic heterocycles. The van der Waals surface area contributed by atoms with Crippen molar-refractivity contribution in [1.82, 2.24) is 9.97 Å². The van der Waals surface area contributed by atoms with Crippen molar-refractivity contribution in [3.8, 4) is 23.3 Å². The Kier molecular flexibility index (Phi) is 3.93. The summed E-state index contributed by atoms with van der Waals surface area (Å²) in [6, 6.07) is 11.9. The summed E-state index contributed by atoms with van der Waals surface area (Å²) in [4.78, 5) is 7.11. The molecule has 0 radical (unpaired) electrons. The summed E-state index contributed by atoms with van der Waals surface area (Å²) in [5.74, 6) is 0. The van der Waals surface area contributed by atoms with Gasteiger partial charge in [-0.05, 0) is 19.4 Å². The average Bonchev–Trinajstić information content (AvgIpc) is 2.38. The van der Waals surface area contributed by atoms with Gasteiger partial charge in [0, 0.05) is 0 Å². The van der Waals surface area contributed by atoms with Crippen LogP contribution in [0.5, 0.6) is 6.01 Å². The first-order valence-corrected chi connectivity index (χ1v) is 6.29. The SMILES string of the molecule is CC(C)Oc1nc(=S)c(C#N)c(-c2ccccc2)[nH]1. The second kappa shape index (κ2) is 5.63. The van der Waals surface area contributed by atoms with Crippen molar-refractivity contribution >= 4 is 12.2 Å². The van der Waals surface area contributed by atoms with Gasteiger partial charge in [-0.1, -0.05) is 42.5 Å². The fourth-order valence-corrected chi connectivity index (χ4v) is 1.89. The Balaban J connectivity index is 2.61. The van der Waals surface area contributed by atoms with E-state index in [0.29, 0.717) is 17.3 Å². The highest BCUT2D eigenvalue weighted by Crippen LogP contribution is 2.23. The van der Waals surface area contributed by atoms with E-state index in [1.807, 2.05) is 44.2 Å². The first kappa shape index (κ1) is 13.2. The Hall–Kier alpha value is -2.19. The van der Waals surface area contributed by atoms with Crippen LogP contribution >= 0.6 is 12.2 Å². The first-order chi connectivity index (χ1) is 9.11. The van der Waals surface area contributed by atoms with Crippen molar-refractivity contribution in [2.75, 3.05) is 0 Å². The Morgan fingerprint density at radius 2 is 2.00 bits per heavy atom. The van der Waals surface area contributed by atoms with Crippen LogP contribution in [-0.4, -0.2) is 16.1 Å². The first-order valence-electron chi connectivity index (χ1n) is 5.88. The Morgan fingerprint density at radius 1 is 1.32 bits per heavy atom. The quantitative estimate of drug-likeness (QED) is 0.868. The number of ether oxygens (including phenoxy) is 1. The lowest BCUT2D eigenvalue weighted by atomic mass is 10.1. The summed E-state index contributed by atoms with van der Waals surface area (Å²) in [6.45, 7) is 3.80. The van der Waals surface area contributed by atoms with Gasteiger partial charge in [-0.15, -0.1) is 0 Å². The molecule has 0 aliphatic carbocycles. The number of rotatable bonds is 3. The number of aromatic amines is 1. The van der Waals surface area contributed by atoms with E-state index in [9.17, 15) is 5.26 Å². The van der Waals surface area contributed by atoms with E-state index in [1.165, 1.54) is 0 Å². The Morgan fingerprint density at radius 3 is 2.58 bits per heavy atom. The molecule has 5 heteroatoms. The van der Waals surface area contributed by atoms with E-state index in [1.54, 1.807) is 0 Å². The molecule has 0 aliphatic rings. The van der Waals surface area contributed by atoms with Crippen LogP contribution in [0.2, 0.25) is 0 Å². The maximum atomic E-state index is 9.22. The number of hydrogen-bond donors (Lipinski definition) is 1. The largest absolute Gasteiger partial charge is 0.462 e. The summed E-state index contributed by atoms with van der Waals surface area (Å²) >= 11 is 5.15. The van der Waals surface area contributed by atoms with Crippen LogP contribution in [-0.2, 0) is 0 Å². The van der Waals surface area contributed by atoms with E-state index in [0.717, 1.165) is 5.56 Å². The minimum absolute atomic E-state index is 0.0188. The van der Waals surface area contributed by atoms with Gasteiger partial charge in [0.1, 0.15) is 11.6 Å². The van der Waals surface area contributed by atoms with E-state index < -0.39 is 0 Å². The molecule has 0 saturated heterocycles. The number of H-pyrrole nitrogens is 1. The fourth-order valence-electron chi connectivity index (χ4n) is 1.66. The lowest BCUT2D eigenvalue weighted by molar-refractivity contribution is 0.222. The lowest BCUT2D eigenvalue weighted by Gasteiger charge is -2.11. The highest BCUT2D eigenvalue weighted by atomic mass is 32.1. The molecule has 96 valence electrons. The number of nitrogens with zero attached hydrogens (tertiary/aromatic N) is 2. The number of benzene rings is 1. The predicted octanol–water partition coefficient (Wildman–Crippen LogP) is 3.47. The highest BCUT2D eigenvalue weighted by molar-refractivity contribution is 7.71. The van der Waals surface area contributed by atoms with E-state index in [2.05, 4.69) is 16.0 Å². The molecule has 4 nitrogen and oxygen atoms in total. The Labute approximate surface area is 116 Å². The van der Waals surface area contributed by atoms with Crippen molar-refractivity contribution in [3.63, 3.8) is 0 Å². The number of nitriles is 1. The van der Waals surface area contributed by atoms with Crippen LogP contribution in [0.3, 0.4) is 0 Å². The normalized spacial score (nSPS) is 10.2. The van der Waals surface area contributed by atoms with Crippen LogP contribution in [0.1, 0.15) is 19.4 Å². The third-order valence-electron chi connectivity index (χ3n) is 2.42. The van der Waals surface area contributed by atoms with Crippen molar-refractivity contribution in [2.45, 2.75) is 20.0 Å². The number of nitrogens with one attached hydrogen (secondary N) is 1. The van der Waals surface area contributed by atoms with Gasteiger partial charge in [-0.25, -0.2) is 0 Å². The van der Waals surface area contributed by atoms with Gasteiger partial charge in [0.2, 0.25) is 0 Å². The molecule has 0 unspecified atom stereocenters. The van der Waals surface area contributed by atoms with E-state index in [-0.39, 0.29) is 10.7 Å². The molecule has 1 N–H and O–H groups in total. The van der Waals surface area contributed by atoms with Crippen molar-refractivity contribution in [3.05, 3.63) is 40.5 Å². The summed E-state index contributed by atoms with van der Waals surface area (Å²) in [6.07, 6.45) is -0.0188. The molecule has 1 aromatic carbocycles. The molecule has 0 aliphatic heterocycles. The van der Waals surface area contributed by atoms with Gasteiger partial charge in [-0.2, -0.15) is 10.2 Å². The smallest absolute Gasteiger partial charge is 0.295 e. The zero-order chi connectivity index (χ0) is 13.8. The molecule has 0 bridgehead atoms. The zero-order valence-corrected chi connectivity index (χ0v) is 11.5. The monoisotopic (exact) mass is 271 g/mol. The van der Waals surface area contributed by atoms with Gasteiger partial charge < -0.3 is 9.72 Å². The summed E-state index contributed by atoms with van der Waals surface area (Å²) < 4.78 is 5.76. The maximum absolute atomic E-state index is 9.22. The molecule has 19 heavy (non-hydrogen) atoms. The lowest BCUT2D eigenvalue weighted by Crippen LogP contribution is -2.09. The number of aromatic nitrogens is 2. The van der Waals surface area contributed by atoms with Gasteiger partial charge in [-0.3, -0.25) is 0 Å². The Bertz CT molecular complexity index is 671. The predicted molar refractivity (Wildman–Crippen MR) is 75.3 cm³/mol. The maximum Gasteiger partial charge on any atom is 0.295 e. The molecule has 0 fully saturated rings. The molecule has 1 heterocycles.